The van der Waals surface area contributed by atoms with Crippen LogP contribution >= 0.6 is 22.9 Å². The lowest BCUT2D eigenvalue weighted by molar-refractivity contribution is 0.0615. The van der Waals surface area contributed by atoms with Gasteiger partial charge in [0.05, 0.1) is 17.2 Å². The molecular weight excluding hydrogens is 390 g/mol. The summed E-state index contributed by atoms with van der Waals surface area (Å²) < 4.78 is 0. The maximum Gasteiger partial charge on any atom is 0.266 e. The second-order valence-corrected chi connectivity index (χ2v) is 8.39. The number of hydrogen-bond acceptors (Lipinski definition) is 4. The molecule has 0 unspecified atom stereocenters. The number of amides is 1. The third-order valence-electron chi connectivity index (χ3n) is 5.27. The van der Waals surface area contributed by atoms with Crippen molar-refractivity contribution < 1.29 is 4.79 Å². The number of rotatable bonds is 4. The van der Waals surface area contributed by atoms with Crippen LogP contribution in [0, 0.1) is 6.92 Å². The quantitative estimate of drug-likeness (QED) is 0.572. The molecule has 144 valence electrons. The van der Waals surface area contributed by atoms with E-state index < -0.39 is 0 Å². The molecule has 1 atom stereocenters. The molecule has 0 N–H and O–H groups in total. The van der Waals surface area contributed by atoms with E-state index in [9.17, 15) is 4.79 Å². The van der Waals surface area contributed by atoms with Gasteiger partial charge in [0.1, 0.15) is 4.88 Å². The van der Waals surface area contributed by atoms with Crippen LogP contribution in [0.5, 0.6) is 0 Å². The second kappa shape index (κ2) is 8.41. The van der Waals surface area contributed by atoms with Crippen LogP contribution in [0.15, 0.2) is 48.1 Å². The lowest BCUT2D eigenvalue weighted by Crippen LogP contribution is -2.38. The van der Waals surface area contributed by atoms with E-state index in [1.165, 1.54) is 11.3 Å². The molecule has 0 aliphatic carbocycles. The Morgan fingerprint density at radius 3 is 2.79 bits per heavy atom. The van der Waals surface area contributed by atoms with Crippen LogP contribution in [0.25, 0.3) is 0 Å². The van der Waals surface area contributed by atoms with E-state index in [0.29, 0.717) is 6.42 Å². The third kappa shape index (κ3) is 3.96. The van der Waals surface area contributed by atoms with Crippen LogP contribution in [0.4, 0.5) is 0 Å². The van der Waals surface area contributed by atoms with Crippen molar-refractivity contribution in [2.45, 2.75) is 38.6 Å². The largest absolute Gasteiger partial charge is 0.331 e. The van der Waals surface area contributed by atoms with E-state index in [4.69, 9.17) is 11.6 Å². The molecule has 0 spiro atoms. The number of nitrogens with zero attached hydrogens (tertiary/aromatic N) is 3. The van der Waals surface area contributed by atoms with Gasteiger partial charge in [0, 0.05) is 29.9 Å². The Hall–Kier alpha value is -2.24. The molecule has 1 fully saturated rings. The van der Waals surface area contributed by atoms with E-state index in [1.807, 2.05) is 48.4 Å². The number of carbonyl (C=O) groups is 1. The molecule has 4 rings (SSSR count). The fraction of sp³-hybridized carbons (Fsp3) is 0.318. The van der Waals surface area contributed by atoms with Gasteiger partial charge < -0.3 is 4.90 Å². The minimum absolute atomic E-state index is 0.0737. The van der Waals surface area contributed by atoms with E-state index in [1.54, 1.807) is 5.51 Å². The van der Waals surface area contributed by atoms with Crippen LogP contribution < -0.4 is 0 Å². The number of halogens is 1. The number of likely N-dealkylation sites (tertiary alicyclic amines) is 1. The summed E-state index contributed by atoms with van der Waals surface area (Å²) in [6, 6.07) is 12.1. The summed E-state index contributed by atoms with van der Waals surface area (Å²) in [7, 11) is 0. The lowest BCUT2D eigenvalue weighted by atomic mass is 9.95. The van der Waals surface area contributed by atoms with E-state index >= 15 is 0 Å². The fourth-order valence-electron chi connectivity index (χ4n) is 3.73. The van der Waals surface area contributed by atoms with Crippen molar-refractivity contribution in [3.63, 3.8) is 0 Å². The summed E-state index contributed by atoms with van der Waals surface area (Å²) in [6.45, 7) is 2.68. The number of pyridine rings is 1. The van der Waals surface area contributed by atoms with Gasteiger partial charge in [0.2, 0.25) is 0 Å². The SMILES string of the molecule is Cc1ncsc1C(=O)N1CCCC[C@H]1c1ccc(Cc2ccccc2Cl)nc1. The molecule has 1 aliphatic heterocycles. The highest BCUT2D eigenvalue weighted by molar-refractivity contribution is 7.11. The predicted molar refractivity (Wildman–Crippen MR) is 113 cm³/mol. The first kappa shape index (κ1) is 19.1. The molecule has 28 heavy (non-hydrogen) atoms. The molecule has 1 aliphatic rings. The van der Waals surface area contributed by atoms with Gasteiger partial charge in [-0.1, -0.05) is 35.9 Å². The minimum Gasteiger partial charge on any atom is -0.331 e. The smallest absolute Gasteiger partial charge is 0.266 e. The summed E-state index contributed by atoms with van der Waals surface area (Å²) in [5, 5.41) is 0.761. The van der Waals surface area contributed by atoms with E-state index in [-0.39, 0.29) is 11.9 Å². The van der Waals surface area contributed by atoms with Crippen molar-refractivity contribution in [1.82, 2.24) is 14.9 Å². The van der Waals surface area contributed by atoms with Gasteiger partial charge in [-0.05, 0) is 49.4 Å². The standard InChI is InChI=1S/C22H22ClN3OS/c1-15-21(28-14-25-15)22(27)26-11-5-4-8-20(26)17-9-10-18(24-13-17)12-16-6-2-3-7-19(16)23/h2-3,6-7,9-10,13-14,20H,4-5,8,11-12H2,1H3/t20-/m0/s1. The topological polar surface area (TPSA) is 46.1 Å². The van der Waals surface area contributed by atoms with Crippen LogP contribution in [-0.4, -0.2) is 27.3 Å². The Labute approximate surface area is 174 Å². The fourth-order valence-corrected chi connectivity index (χ4v) is 4.69. The molecule has 2 aromatic heterocycles. The molecule has 6 heteroatoms. The van der Waals surface area contributed by atoms with Gasteiger partial charge >= 0.3 is 0 Å². The Morgan fingerprint density at radius 1 is 1.21 bits per heavy atom. The lowest BCUT2D eigenvalue weighted by Gasteiger charge is -2.35. The van der Waals surface area contributed by atoms with Crippen molar-refractivity contribution in [1.29, 1.82) is 0 Å². The molecule has 3 heterocycles. The van der Waals surface area contributed by atoms with Crippen molar-refractivity contribution in [3.8, 4) is 0 Å². The van der Waals surface area contributed by atoms with Crippen LogP contribution in [-0.2, 0) is 6.42 Å². The van der Waals surface area contributed by atoms with Crippen molar-refractivity contribution in [3.05, 3.63) is 80.5 Å². The van der Waals surface area contributed by atoms with Gasteiger partial charge in [-0.25, -0.2) is 4.98 Å². The first-order valence-corrected chi connectivity index (χ1v) is 10.8. The van der Waals surface area contributed by atoms with Crippen LogP contribution in [0.3, 0.4) is 0 Å². The number of thiazole rings is 1. The van der Waals surface area contributed by atoms with Crippen LogP contribution in [0.2, 0.25) is 5.02 Å². The molecule has 0 saturated carbocycles. The molecule has 3 aromatic rings. The average Bonchev–Trinajstić information content (AvgIpc) is 3.16. The highest BCUT2D eigenvalue weighted by Gasteiger charge is 2.30. The summed E-state index contributed by atoms with van der Waals surface area (Å²) in [4.78, 5) is 24.7. The normalized spacial score (nSPS) is 16.9. The highest BCUT2D eigenvalue weighted by atomic mass is 35.5. The number of aromatic nitrogens is 2. The van der Waals surface area contributed by atoms with Crippen molar-refractivity contribution in [2.24, 2.45) is 0 Å². The Bertz CT molecular complexity index is 970. The molecule has 1 amide bonds. The Balaban J connectivity index is 1.54. The first-order valence-electron chi connectivity index (χ1n) is 9.53. The van der Waals surface area contributed by atoms with Gasteiger partial charge in [-0.3, -0.25) is 9.78 Å². The van der Waals surface area contributed by atoms with Gasteiger partial charge in [0.25, 0.3) is 5.91 Å². The molecular formula is C22H22ClN3OS. The van der Waals surface area contributed by atoms with Gasteiger partial charge in [-0.2, -0.15) is 0 Å². The Morgan fingerprint density at radius 2 is 2.07 bits per heavy atom. The summed E-state index contributed by atoms with van der Waals surface area (Å²) in [6.07, 6.45) is 5.75. The monoisotopic (exact) mass is 411 g/mol. The average molecular weight is 412 g/mol. The van der Waals surface area contributed by atoms with Crippen molar-refractivity contribution in [2.75, 3.05) is 6.54 Å². The molecule has 1 saturated heterocycles. The van der Waals surface area contributed by atoms with Crippen LogP contribution in [0.1, 0.15) is 57.5 Å². The molecule has 1 aromatic carbocycles. The maximum absolute atomic E-state index is 13.1. The third-order valence-corrected chi connectivity index (χ3v) is 6.55. The van der Waals surface area contributed by atoms with Crippen molar-refractivity contribution >= 4 is 28.8 Å². The second-order valence-electron chi connectivity index (χ2n) is 7.13. The molecule has 4 nitrogen and oxygen atoms in total. The Kier molecular flexibility index (Phi) is 5.74. The summed E-state index contributed by atoms with van der Waals surface area (Å²) in [5.41, 5.74) is 5.70. The van der Waals surface area contributed by atoms with Gasteiger partial charge in [0.15, 0.2) is 0 Å². The number of hydrogen-bond donors (Lipinski definition) is 0. The molecule has 0 radical (unpaired) electrons. The number of benzene rings is 1. The zero-order valence-corrected chi connectivity index (χ0v) is 17.3. The summed E-state index contributed by atoms with van der Waals surface area (Å²) >= 11 is 7.69. The first-order chi connectivity index (χ1) is 13.6. The zero-order chi connectivity index (χ0) is 19.5. The highest BCUT2D eigenvalue weighted by Crippen LogP contribution is 2.33. The summed E-state index contributed by atoms with van der Waals surface area (Å²) in [5.74, 6) is 0.0878. The number of piperidine rings is 1. The zero-order valence-electron chi connectivity index (χ0n) is 15.8. The van der Waals surface area contributed by atoms with E-state index in [2.05, 4.69) is 16.0 Å². The number of aryl methyl sites for hydroxylation is 1. The van der Waals surface area contributed by atoms with Gasteiger partial charge in [-0.15, -0.1) is 11.3 Å². The van der Waals surface area contributed by atoms with E-state index in [0.717, 1.165) is 58.2 Å². The molecule has 0 bridgehead atoms. The maximum atomic E-state index is 13.1. The number of carbonyl (C=O) groups excluding carboxylic acids is 1. The predicted octanol–water partition coefficient (Wildman–Crippen LogP) is 5.46. The minimum atomic E-state index is 0.0737.